The summed E-state index contributed by atoms with van der Waals surface area (Å²) in [5.74, 6) is 0.924. The number of hydrogen-bond donors (Lipinski definition) is 0. The van der Waals surface area contributed by atoms with E-state index in [1.54, 1.807) is 16.4 Å². The molecule has 0 aromatic heterocycles. The fourth-order valence-corrected chi connectivity index (χ4v) is 5.84. The summed E-state index contributed by atoms with van der Waals surface area (Å²) in [5, 5.41) is 0. The van der Waals surface area contributed by atoms with Gasteiger partial charge < -0.3 is 14.2 Å². The van der Waals surface area contributed by atoms with Gasteiger partial charge in [-0.1, -0.05) is 41.0 Å². The predicted molar refractivity (Wildman–Crippen MR) is 116 cm³/mol. The van der Waals surface area contributed by atoms with Gasteiger partial charge in [-0.25, -0.2) is 0 Å². The lowest BCUT2D eigenvalue weighted by molar-refractivity contribution is 0.0168. The maximum Gasteiger partial charge on any atom is 0.175 e. The van der Waals surface area contributed by atoms with Gasteiger partial charge >= 0.3 is 0 Å². The van der Waals surface area contributed by atoms with Crippen LogP contribution in [-0.2, 0) is 14.6 Å². The smallest absolute Gasteiger partial charge is 0.175 e. The summed E-state index contributed by atoms with van der Waals surface area (Å²) in [5.41, 5.74) is 1.92. The van der Waals surface area contributed by atoms with Crippen LogP contribution in [0.1, 0.15) is 38.2 Å². The van der Waals surface area contributed by atoms with Gasteiger partial charge in [0.25, 0.3) is 0 Å². The molecule has 1 spiro atoms. The molecular weight excluding hydrogens is 384 g/mol. The zero-order chi connectivity index (χ0) is 20.5. The van der Waals surface area contributed by atoms with Gasteiger partial charge in [-0.15, -0.1) is 4.31 Å². The second-order valence-electron chi connectivity index (χ2n) is 8.21. The van der Waals surface area contributed by atoms with Crippen molar-refractivity contribution in [1.29, 1.82) is 0 Å². The summed E-state index contributed by atoms with van der Waals surface area (Å²) in [7, 11) is -3.46. The van der Waals surface area contributed by atoms with Gasteiger partial charge in [-0.05, 0) is 37.6 Å². The number of rotatable bonds is 4. The van der Waals surface area contributed by atoms with Crippen molar-refractivity contribution in [2.24, 2.45) is 0 Å². The number of anilines is 1. The van der Waals surface area contributed by atoms with Gasteiger partial charge in [0.1, 0.15) is 11.4 Å². The van der Waals surface area contributed by atoms with Crippen molar-refractivity contribution in [1.82, 2.24) is 4.31 Å². The number of benzene rings is 2. The molecular formula is C23H30N2O3S. The molecule has 0 radical (unpaired) electrons. The first kappa shape index (κ1) is 20.4. The van der Waals surface area contributed by atoms with E-state index in [9.17, 15) is 8.76 Å². The van der Waals surface area contributed by atoms with E-state index in [0.717, 1.165) is 42.9 Å². The molecule has 1 fully saturated rings. The van der Waals surface area contributed by atoms with Crippen LogP contribution in [0.3, 0.4) is 0 Å². The molecule has 0 bridgehead atoms. The Hall–Kier alpha value is -1.89. The molecule has 2 heterocycles. The summed E-state index contributed by atoms with van der Waals surface area (Å²) in [4.78, 5) is 2.78. The fourth-order valence-electron chi connectivity index (χ4n) is 4.40. The van der Waals surface area contributed by atoms with E-state index in [1.165, 1.54) is 0 Å². The molecule has 0 saturated carbocycles. The number of fused-ring (bicyclic) bond motifs is 1. The fraction of sp³-hybridized carbons (Fsp3) is 0.478. The van der Waals surface area contributed by atoms with Crippen molar-refractivity contribution >= 4 is 16.1 Å². The van der Waals surface area contributed by atoms with E-state index in [-0.39, 0.29) is 5.60 Å². The molecule has 1 atom stereocenters. The lowest BCUT2D eigenvalue weighted by Gasteiger charge is -2.41. The second kappa shape index (κ2) is 8.09. The maximum absolute atomic E-state index is 13.1. The van der Waals surface area contributed by atoms with Crippen molar-refractivity contribution in [2.75, 3.05) is 31.1 Å². The molecule has 4 rings (SSSR count). The number of piperidine rings is 1. The first-order valence-corrected chi connectivity index (χ1v) is 12.0. The van der Waals surface area contributed by atoms with Crippen molar-refractivity contribution in [3.05, 3.63) is 54.1 Å². The van der Waals surface area contributed by atoms with Crippen molar-refractivity contribution < 1.29 is 13.5 Å². The van der Waals surface area contributed by atoms with Crippen LogP contribution in [0, 0.1) is 6.92 Å². The molecule has 29 heavy (non-hydrogen) atoms. The molecule has 156 valence electrons. The highest BCUT2D eigenvalue weighted by Crippen LogP contribution is 2.41. The van der Waals surface area contributed by atoms with E-state index in [4.69, 9.17) is 4.74 Å². The van der Waals surface area contributed by atoms with Crippen molar-refractivity contribution in [3.8, 4) is 5.75 Å². The number of ether oxygens (including phenoxy) is 1. The third-order valence-electron chi connectivity index (χ3n) is 6.16. The second-order valence-corrected chi connectivity index (χ2v) is 10.1. The van der Waals surface area contributed by atoms with Gasteiger partial charge in [0.15, 0.2) is 15.3 Å². The van der Waals surface area contributed by atoms with Crippen LogP contribution < -0.4 is 9.64 Å². The maximum atomic E-state index is 13.1. The largest absolute Gasteiger partial charge is 0.593 e. The van der Waals surface area contributed by atoms with Crippen molar-refractivity contribution in [2.45, 2.75) is 50.0 Å². The molecule has 5 nitrogen and oxygen atoms in total. The summed E-state index contributed by atoms with van der Waals surface area (Å²) in [6.45, 7) is 7.08. The van der Waals surface area contributed by atoms with Crippen LogP contribution in [0.4, 0.5) is 5.69 Å². The molecule has 1 saturated heterocycles. The molecule has 0 aliphatic carbocycles. The molecule has 2 aromatic rings. The Morgan fingerprint density at radius 3 is 2.38 bits per heavy atom. The zero-order valence-electron chi connectivity index (χ0n) is 17.3. The van der Waals surface area contributed by atoms with E-state index in [1.807, 2.05) is 31.2 Å². The molecule has 0 N–H and O–H groups in total. The molecule has 0 amide bonds. The lowest BCUT2D eigenvalue weighted by Crippen LogP contribution is -2.51. The normalized spacial score (nSPS) is 21.1. The summed E-state index contributed by atoms with van der Waals surface area (Å²) >= 11 is 0. The lowest BCUT2D eigenvalue weighted by atomic mass is 9.88. The number of sulfonamides is 1. The van der Waals surface area contributed by atoms with E-state index in [0.29, 0.717) is 30.8 Å². The van der Waals surface area contributed by atoms with Gasteiger partial charge in [-0.2, -0.15) is 0 Å². The molecule has 2 aromatic carbocycles. The number of aryl methyl sites for hydroxylation is 1. The highest BCUT2D eigenvalue weighted by atomic mass is 32.3. The van der Waals surface area contributed by atoms with Gasteiger partial charge in [0.05, 0.1) is 5.69 Å². The predicted octanol–water partition coefficient (Wildman–Crippen LogP) is 4.43. The zero-order valence-corrected chi connectivity index (χ0v) is 18.1. The van der Waals surface area contributed by atoms with Crippen LogP contribution in [0.25, 0.3) is 0 Å². The topological polar surface area (TPSA) is 55.8 Å². The summed E-state index contributed by atoms with van der Waals surface area (Å²) in [6, 6.07) is 15.4. The highest BCUT2D eigenvalue weighted by Gasteiger charge is 2.44. The Kier molecular flexibility index (Phi) is 5.69. The third-order valence-corrected chi connectivity index (χ3v) is 8.07. The van der Waals surface area contributed by atoms with E-state index in [2.05, 4.69) is 24.0 Å². The standard InChI is InChI=1S/C23H30N2O3S/c1-3-15-24-16-12-23(28-22-7-5-4-6-21(22)24)13-17-25(18-14-23)29(26,27)20-10-8-19(2)9-11-20/h4-11H,3,12-18H2,1-2H3. The van der Waals surface area contributed by atoms with Crippen LogP contribution in [-0.4, -0.2) is 40.6 Å². The van der Waals surface area contributed by atoms with Gasteiger partial charge in [0, 0.05) is 45.4 Å². The summed E-state index contributed by atoms with van der Waals surface area (Å²) < 4.78 is 34.3. The van der Waals surface area contributed by atoms with Crippen LogP contribution >= 0.6 is 0 Å². The minimum absolute atomic E-state index is 0.294. The van der Waals surface area contributed by atoms with Crippen molar-refractivity contribution in [3.63, 3.8) is 0 Å². The number of hydrogen-bond acceptors (Lipinski definition) is 4. The monoisotopic (exact) mass is 414 g/mol. The quantitative estimate of drug-likeness (QED) is 0.695. The number of nitrogens with zero attached hydrogens (tertiary/aromatic N) is 2. The van der Waals surface area contributed by atoms with Crippen LogP contribution in [0.5, 0.6) is 5.75 Å². The highest BCUT2D eigenvalue weighted by molar-refractivity contribution is 7.95. The minimum atomic E-state index is -3.46. The molecule has 2 aliphatic heterocycles. The van der Waals surface area contributed by atoms with Crippen LogP contribution in [0.2, 0.25) is 0 Å². The SMILES string of the molecule is CCCN1CCC2(CCN([S+](=O)([O-])c3ccc(C)cc3)CC2)Oc2ccccc21. The average Bonchev–Trinajstić information content (AvgIpc) is 2.86. The van der Waals surface area contributed by atoms with E-state index < -0.39 is 10.4 Å². The number of para-hydroxylation sites is 2. The first-order valence-electron chi connectivity index (χ1n) is 10.5. The Bertz CT molecular complexity index is 891. The average molecular weight is 415 g/mol. The van der Waals surface area contributed by atoms with Gasteiger partial charge in [0.2, 0.25) is 0 Å². The Morgan fingerprint density at radius 1 is 1.03 bits per heavy atom. The Morgan fingerprint density at radius 2 is 1.69 bits per heavy atom. The Labute approximate surface area is 175 Å². The third kappa shape index (κ3) is 4.06. The molecule has 6 heteroatoms. The first-order chi connectivity index (χ1) is 13.9. The van der Waals surface area contributed by atoms with Crippen LogP contribution in [0.15, 0.2) is 53.4 Å². The minimum Gasteiger partial charge on any atom is -0.593 e. The van der Waals surface area contributed by atoms with E-state index >= 15 is 0 Å². The Balaban J connectivity index is 1.51. The van der Waals surface area contributed by atoms with Gasteiger partial charge in [-0.3, -0.25) is 0 Å². The molecule has 1 unspecified atom stereocenters. The summed E-state index contributed by atoms with van der Waals surface area (Å²) in [6.07, 6.45) is 3.43. The molecule has 2 aliphatic rings.